The summed E-state index contributed by atoms with van der Waals surface area (Å²) in [7, 11) is 0. The summed E-state index contributed by atoms with van der Waals surface area (Å²) in [5, 5.41) is 1.18. The molecule has 0 atom stereocenters. The Morgan fingerprint density at radius 1 is 0.333 bits per heavy atom. The van der Waals surface area contributed by atoms with Gasteiger partial charge in [-0.05, 0) is 19.0 Å². The molecule has 0 aromatic carbocycles. The van der Waals surface area contributed by atoms with E-state index in [1.807, 2.05) is 6.55 Å². The number of hydrogen-bond donors (Lipinski definition) is 0. The van der Waals surface area contributed by atoms with Gasteiger partial charge >= 0.3 is 0 Å². The van der Waals surface area contributed by atoms with Gasteiger partial charge in [-0.15, -0.1) is 22.2 Å². The predicted molar refractivity (Wildman–Crippen MR) is 176 cm³/mol. The highest BCUT2D eigenvalue weighted by Gasteiger charge is 2.19. The molecule has 0 heterocycles. The maximum atomic E-state index is 6.15. The lowest BCUT2D eigenvalue weighted by Gasteiger charge is -2.09. The third-order valence-electron chi connectivity index (χ3n) is 7.75. The predicted octanol–water partition coefficient (Wildman–Crippen LogP) is 14.2. The SMILES string of the molecule is C[Si](Cl)(Cl)CCCCCCCCCCCCCCCCCCCCCCCCCCCCCCCBr. The minimum Gasteiger partial charge on any atom is -0.146 e. The van der Waals surface area contributed by atoms with Gasteiger partial charge in [0.1, 0.15) is 0 Å². The molecule has 0 saturated heterocycles. The summed E-state index contributed by atoms with van der Waals surface area (Å²) in [6, 6.07) is 1.06. The molecule has 0 N–H and O–H groups in total. The topological polar surface area (TPSA) is 0 Å². The molecule has 0 saturated carbocycles. The Labute approximate surface area is 247 Å². The fraction of sp³-hybridized carbons (Fsp3) is 1.00. The normalized spacial score (nSPS) is 12.0. The Kier molecular flexibility index (Phi) is 31.9. The van der Waals surface area contributed by atoms with Gasteiger partial charge in [0, 0.05) is 5.33 Å². The van der Waals surface area contributed by atoms with Crippen molar-refractivity contribution in [3.05, 3.63) is 0 Å². The van der Waals surface area contributed by atoms with E-state index in [-0.39, 0.29) is 0 Å². The average molecular weight is 629 g/mol. The highest BCUT2D eigenvalue weighted by molar-refractivity contribution is 9.09. The molecule has 36 heavy (non-hydrogen) atoms. The Balaban J connectivity index is 3.03. The van der Waals surface area contributed by atoms with Crippen LogP contribution < -0.4 is 0 Å². The van der Waals surface area contributed by atoms with Crippen LogP contribution >= 0.6 is 38.1 Å². The van der Waals surface area contributed by atoms with Crippen molar-refractivity contribution in [1.82, 2.24) is 0 Å². The maximum Gasteiger partial charge on any atom is 0.248 e. The molecule has 0 unspecified atom stereocenters. The summed E-state index contributed by atoms with van der Waals surface area (Å²) < 4.78 is 0. The molecule has 0 aliphatic rings. The van der Waals surface area contributed by atoms with Gasteiger partial charge in [0.05, 0.1) is 0 Å². The second-order valence-electron chi connectivity index (χ2n) is 11.8. The van der Waals surface area contributed by atoms with Crippen LogP contribution in [0.25, 0.3) is 0 Å². The number of halogens is 3. The van der Waals surface area contributed by atoms with E-state index in [0.29, 0.717) is 0 Å². The molecule has 0 nitrogen and oxygen atoms in total. The highest BCUT2D eigenvalue weighted by atomic mass is 79.9. The van der Waals surface area contributed by atoms with Crippen molar-refractivity contribution in [2.24, 2.45) is 0 Å². The first-order chi connectivity index (χ1) is 17.6. The van der Waals surface area contributed by atoms with Gasteiger partial charge in [-0.2, -0.15) is 0 Å². The molecule has 0 aliphatic heterocycles. The van der Waals surface area contributed by atoms with E-state index in [9.17, 15) is 0 Å². The van der Waals surface area contributed by atoms with E-state index in [2.05, 4.69) is 15.9 Å². The molecule has 0 bridgehead atoms. The van der Waals surface area contributed by atoms with Crippen molar-refractivity contribution in [2.45, 2.75) is 199 Å². The average Bonchev–Trinajstić information content (AvgIpc) is 2.84. The lowest BCUT2D eigenvalue weighted by molar-refractivity contribution is 0.514. The van der Waals surface area contributed by atoms with Gasteiger partial charge in [-0.3, -0.25) is 0 Å². The van der Waals surface area contributed by atoms with E-state index in [0.717, 1.165) is 6.04 Å². The van der Waals surface area contributed by atoms with Crippen molar-refractivity contribution >= 4 is 44.8 Å². The lowest BCUT2D eigenvalue weighted by atomic mass is 10.0. The summed E-state index contributed by atoms with van der Waals surface area (Å²) >= 11 is 15.8. The molecule has 0 radical (unpaired) electrons. The van der Waals surface area contributed by atoms with Crippen molar-refractivity contribution < 1.29 is 0 Å². The van der Waals surface area contributed by atoms with Crippen LogP contribution in [0.5, 0.6) is 0 Å². The molecular formula is C32H65BrCl2Si. The van der Waals surface area contributed by atoms with E-state index in [1.54, 1.807) is 0 Å². The Morgan fingerprint density at radius 2 is 0.500 bits per heavy atom. The first-order valence-corrected chi connectivity index (χ1v) is 22.4. The number of hydrogen-bond acceptors (Lipinski definition) is 0. The first kappa shape index (κ1) is 37.3. The number of alkyl halides is 1. The maximum absolute atomic E-state index is 6.15. The van der Waals surface area contributed by atoms with Crippen LogP contribution in [0.3, 0.4) is 0 Å². The van der Waals surface area contributed by atoms with E-state index in [4.69, 9.17) is 22.2 Å². The Bertz CT molecular complexity index is 400. The molecule has 0 amide bonds. The smallest absolute Gasteiger partial charge is 0.146 e. The summed E-state index contributed by atoms with van der Waals surface area (Å²) in [5.41, 5.74) is 0. The Morgan fingerprint density at radius 3 is 0.667 bits per heavy atom. The molecule has 4 heteroatoms. The second kappa shape index (κ2) is 30.8. The summed E-state index contributed by atoms with van der Waals surface area (Å²) in [6.45, 7) is 0.202. The zero-order valence-electron chi connectivity index (χ0n) is 24.6. The molecule has 0 spiro atoms. The van der Waals surface area contributed by atoms with Crippen molar-refractivity contribution in [1.29, 1.82) is 0 Å². The minimum atomic E-state index is -1.84. The Hall–Kier alpha value is 1.28. The van der Waals surface area contributed by atoms with Crippen LogP contribution in [0.2, 0.25) is 12.6 Å². The van der Waals surface area contributed by atoms with Gasteiger partial charge in [-0.1, -0.05) is 196 Å². The lowest BCUT2D eigenvalue weighted by Crippen LogP contribution is -2.11. The largest absolute Gasteiger partial charge is 0.248 e. The minimum absolute atomic E-state index is 1.06. The third kappa shape index (κ3) is 35.3. The van der Waals surface area contributed by atoms with Gasteiger partial charge in [0.2, 0.25) is 6.69 Å². The van der Waals surface area contributed by atoms with E-state index in [1.165, 1.54) is 192 Å². The van der Waals surface area contributed by atoms with Gasteiger partial charge < -0.3 is 0 Å². The van der Waals surface area contributed by atoms with Crippen LogP contribution in [-0.2, 0) is 0 Å². The molecule has 0 rings (SSSR count). The molecule has 0 aromatic heterocycles. The zero-order chi connectivity index (χ0) is 26.4. The molecule has 0 fully saturated rings. The van der Waals surface area contributed by atoms with Crippen LogP contribution in [0.1, 0.15) is 186 Å². The van der Waals surface area contributed by atoms with Crippen LogP contribution in [0.15, 0.2) is 0 Å². The monoisotopic (exact) mass is 626 g/mol. The fourth-order valence-corrected chi connectivity index (χ4v) is 7.37. The second-order valence-corrected chi connectivity index (χ2v) is 20.8. The molecule has 218 valence electrons. The third-order valence-corrected chi connectivity index (χ3v) is 10.7. The van der Waals surface area contributed by atoms with Crippen LogP contribution in [0.4, 0.5) is 0 Å². The van der Waals surface area contributed by atoms with E-state index < -0.39 is 6.69 Å². The quantitative estimate of drug-likeness (QED) is 0.0310. The summed E-state index contributed by atoms with van der Waals surface area (Å²) in [6.07, 6.45) is 41.9. The highest BCUT2D eigenvalue weighted by Crippen LogP contribution is 2.23. The van der Waals surface area contributed by atoms with Crippen molar-refractivity contribution in [2.75, 3.05) is 5.33 Å². The molecule has 0 aromatic rings. The van der Waals surface area contributed by atoms with Gasteiger partial charge in [-0.25, -0.2) is 0 Å². The standard InChI is InChI=1S/C32H65BrCl2Si/c1-36(34,35)32-30-28-26-24-22-20-18-16-14-12-10-8-6-4-2-3-5-7-9-11-13-15-17-19-21-23-25-27-29-31-33/h2-32H2,1H3. The van der Waals surface area contributed by atoms with Crippen molar-refractivity contribution in [3.63, 3.8) is 0 Å². The number of rotatable bonds is 31. The van der Waals surface area contributed by atoms with Crippen LogP contribution in [-0.4, -0.2) is 12.0 Å². The van der Waals surface area contributed by atoms with Gasteiger partial charge in [0.25, 0.3) is 0 Å². The summed E-state index contributed by atoms with van der Waals surface area (Å²) in [4.78, 5) is 0. The fourth-order valence-electron chi connectivity index (χ4n) is 5.30. The van der Waals surface area contributed by atoms with E-state index >= 15 is 0 Å². The molecule has 0 aliphatic carbocycles. The summed E-state index contributed by atoms with van der Waals surface area (Å²) in [5.74, 6) is 0. The first-order valence-electron chi connectivity index (χ1n) is 16.5. The van der Waals surface area contributed by atoms with Gasteiger partial charge in [0.15, 0.2) is 0 Å². The van der Waals surface area contributed by atoms with Crippen LogP contribution in [0, 0.1) is 0 Å². The zero-order valence-corrected chi connectivity index (χ0v) is 28.7. The molecular weight excluding hydrogens is 563 g/mol. The number of unbranched alkanes of at least 4 members (excludes halogenated alkanes) is 28. The van der Waals surface area contributed by atoms with Crippen molar-refractivity contribution in [3.8, 4) is 0 Å².